The maximum absolute atomic E-state index is 12.8. The van der Waals surface area contributed by atoms with Crippen molar-refractivity contribution >= 4 is 21.9 Å². The SMILES string of the molecule is Cc1ccc(S(=O)(=O)N2CCCC(C(=O)NCCCCCC(=O)O)C2)cc1. The fourth-order valence-electron chi connectivity index (χ4n) is 3.17. The third kappa shape index (κ3) is 6.32. The van der Waals surface area contributed by atoms with E-state index in [-0.39, 0.29) is 29.7 Å². The Balaban J connectivity index is 1.85. The van der Waals surface area contributed by atoms with Gasteiger partial charge in [0.25, 0.3) is 0 Å². The van der Waals surface area contributed by atoms with E-state index in [1.165, 1.54) is 4.31 Å². The number of nitrogens with one attached hydrogen (secondary N) is 1. The summed E-state index contributed by atoms with van der Waals surface area (Å²) in [5.41, 5.74) is 0.994. The predicted octanol–water partition coefficient (Wildman–Crippen LogP) is 2.16. The number of aliphatic carboxylic acids is 1. The Morgan fingerprint density at radius 2 is 1.89 bits per heavy atom. The number of carboxylic acid groups (broad SMARTS) is 1. The van der Waals surface area contributed by atoms with Gasteiger partial charge in [-0.15, -0.1) is 0 Å². The maximum atomic E-state index is 12.8. The van der Waals surface area contributed by atoms with Crippen LogP contribution in [0.25, 0.3) is 0 Å². The second-order valence-corrected chi connectivity index (χ2v) is 8.95. The number of hydrogen-bond donors (Lipinski definition) is 2. The van der Waals surface area contributed by atoms with Crippen molar-refractivity contribution in [1.82, 2.24) is 9.62 Å². The van der Waals surface area contributed by atoms with Crippen LogP contribution in [0.3, 0.4) is 0 Å². The van der Waals surface area contributed by atoms with Crippen molar-refractivity contribution in [2.45, 2.75) is 50.3 Å². The van der Waals surface area contributed by atoms with Gasteiger partial charge in [-0.1, -0.05) is 24.1 Å². The number of aryl methyl sites for hydroxylation is 1. The lowest BCUT2D eigenvalue weighted by atomic mass is 9.99. The molecule has 1 atom stereocenters. The van der Waals surface area contributed by atoms with Gasteiger partial charge >= 0.3 is 5.97 Å². The smallest absolute Gasteiger partial charge is 0.303 e. The first-order valence-electron chi connectivity index (χ1n) is 9.37. The van der Waals surface area contributed by atoms with Gasteiger partial charge in [-0.3, -0.25) is 9.59 Å². The van der Waals surface area contributed by atoms with Gasteiger partial charge in [-0.25, -0.2) is 8.42 Å². The van der Waals surface area contributed by atoms with Crippen LogP contribution in [0.4, 0.5) is 0 Å². The van der Waals surface area contributed by atoms with E-state index in [0.29, 0.717) is 32.4 Å². The molecule has 0 radical (unpaired) electrons. The van der Waals surface area contributed by atoms with Crippen LogP contribution in [0, 0.1) is 12.8 Å². The number of nitrogens with zero attached hydrogens (tertiary/aromatic N) is 1. The molecule has 1 unspecified atom stereocenters. The van der Waals surface area contributed by atoms with Gasteiger partial charge in [0.15, 0.2) is 0 Å². The van der Waals surface area contributed by atoms with Crippen LogP contribution in [0.2, 0.25) is 0 Å². The number of benzene rings is 1. The lowest BCUT2D eigenvalue weighted by Gasteiger charge is -2.31. The molecule has 0 aromatic heterocycles. The zero-order valence-electron chi connectivity index (χ0n) is 15.7. The van der Waals surface area contributed by atoms with Crippen LogP contribution in [0.1, 0.15) is 44.1 Å². The van der Waals surface area contributed by atoms with Crippen molar-refractivity contribution in [1.29, 1.82) is 0 Å². The Morgan fingerprint density at radius 3 is 2.56 bits per heavy atom. The third-order valence-corrected chi connectivity index (χ3v) is 6.66. The van der Waals surface area contributed by atoms with Crippen LogP contribution in [-0.2, 0) is 19.6 Å². The standard InChI is InChI=1S/C19H28N2O5S/c1-15-8-10-17(11-9-15)27(25,26)21-13-5-6-16(14-21)19(24)20-12-4-2-3-7-18(22)23/h8-11,16H,2-7,12-14H2,1H3,(H,20,24)(H,22,23). The number of carbonyl (C=O) groups excluding carboxylic acids is 1. The quantitative estimate of drug-likeness (QED) is 0.623. The van der Waals surface area contributed by atoms with E-state index in [2.05, 4.69) is 5.32 Å². The highest BCUT2D eigenvalue weighted by Crippen LogP contribution is 2.24. The number of hydrogen-bond acceptors (Lipinski definition) is 4. The molecule has 0 saturated carbocycles. The largest absolute Gasteiger partial charge is 0.481 e. The molecule has 0 bridgehead atoms. The van der Waals surface area contributed by atoms with Crippen molar-refractivity contribution in [3.05, 3.63) is 29.8 Å². The molecule has 1 fully saturated rings. The summed E-state index contributed by atoms with van der Waals surface area (Å²) in [6, 6.07) is 6.74. The summed E-state index contributed by atoms with van der Waals surface area (Å²) >= 11 is 0. The maximum Gasteiger partial charge on any atom is 0.303 e. The van der Waals surface area contributed by atoms with Crippen LogP contribution >= 0.6 is 0 Å². The van der Waals surface area contributed by atoms with E-state index in [9.17, 15) is 18.0 Å². The summed E-state index contributed by atoms with van der Waals surface area (Å²) in [4.78, 5) is 23.1. The lowest BCUT2D eigenvalue weighted by Crippen LogP contribution is -2.45. The zero-order chi connectivity index (χ0) is 19.9. The molecule has 1 heterocycles. The molecule has 1 aliphatic heterocycles. The molecule has 150 valence electrons. The highest BCUT2D eigenvalue weighted by molar-refractivity contribution is 7.89. The monoisotopic (exact) mass is 396 g/mol. The first-order valence-corrected chi connectivity index (χ1v) is 10.8. The molecule has 0 spiro atoms. The lowest BCUT2D eigenvalue weighted by molar-refractivity contribution is -0.137. The average Bonchev–Trinajstić information content (AvgIpc) is 2.64. The van der Waals surface area contributed by atoms with Crippen LogP contribution < -0.4 is 5.32 Å². The Morgan fingerprint density at radius 1 is 1.19 bits per heavy atom. The minimum Gasteiger partial charge on any atom is -0.481 e. The molecular formula is C19H28N2O5S. The number of sulfonamides is 1. The summed E-state index contributed by atoms with van der Waals surface area (Å²) < 4.78 is 27.0. The Bertz CT molecular complexity index is 746. The van der Waals surface area contributed by atoms with Gasteiger partial charge in [0.2, 0.25) is 15.9 Å². The fraction of sp³-hybridized carbons (Fsp3) is 0.579. The second kappa shape index (κ2) is 9.85. The molecule has 7 nitrogen and oxygen atoms in total. The minimum atomic E-state index is -3.59. The summed E-state index contributed by atoms with van der Waals surface area (Å²) in [5, 5.41) is 11.4. The van der Waals surface area contributed by atoms with Gasteiger partial charge in [0.1, 0.15) is 0 Å². The van der Waals surface area contributed by atoms with Crippen LogP contribution in [0.5, 0.6) is 0 Å². The van der Waals surface area contributed by atoms with E-state index in [0.717, 1.165) is 18.4 Å². The van der Waals surface area contributed by atoms with E-state index in [4.69, 9.17) is 5.11 Å². The fourth-order valence-corrected chi connectivity index (χ4v) is 4.69. The van der Waals surface area contributed by atoms with Gasteiger partial charge in [0, 0.05) is 26.1 Å². The summed E-state index contributed by atoms with van der Waals surface area (Å²) in [6.07, 6.45) is 3.52. The van der Waals surface area contributed by atoms with Crippen LogP contribution in [0.15, 0.2) is 29.2 Å². The number of carbonyl (C=O) groups is 2. The Hall–Kier alpha value is -1.93. The van der Waals surface area contributed by atoms with Gasteiger partial charge < -0.3 is 10.4 Å². The van der Waals surface area contributed by atoms with Crippen molar-refractivity contribution in [3.8, 4) is 0 Å². The first-order chi connectivity index (χ1) is 12.8. The zero-order valence-corrected chi connectivity index (χ0v) is 16.5. The molecule has 0 aliphatic carbocycles. The molecule has 1 amide bonds. The normalized spacial score (nSPS) is 18.2. The number of amides is 1. The van der Waals surface area contributed by atoms with Crippen molar-refractivity contribution < 1.29 is 23.1 Å². The molecule has 1 aromatic carbocycles. The van der Waals surface area contributed by atoms with E-state index < -0.39 is 16.0 Å². The predicted molar refractivity (Wildman–Crippen MR) is 102 cm³/mol. The average molecular weight is 397 g/mol. The number of rotatable bonds is 9. The molecule has 1 aromatic rings. The molecular weight excluding hydrogens is 368 g/mol. The molecule has 1 aliphatic rings. The highest BCUT2D eigenvalue weighted by Gasteiger charge is 2.33. The van der Waals surface area contributed by atoms with Gasteiger partial charge in [0.05, 0.1) is 10.8 Å². The van der Waals surface area contributed by atoms with E-state index in [1.807, 2.05) is 6.92 Å². The minimum absolute atomic E-state index is 0.128. The summed E-state index contributed by atoms with van der Waals surface area (Å²) in [7, 11) is -3.59. The van der Waals surface area contributed by atoms with Gasteiger partial charge in [-0.05, 0) is 44.7 Å². The van der Waals surface area contributed by atoms with Crippen molar-refractivity contribution in [3.63, 3.8) is 0 Å². The third-order valence-electron chi connectivity index (χ3n) is 4.78. The van der Waals surface area contributed by atoms with E-state index in [1.54, 1.807) is 24.3 Å². The second-order valence-electron chi connectivity index (χ2n) is 7.01. The number of carboxylic acids is 1. The molecule has 27 heavy (non-hydrogen) atoms. The summed E-state index contributed by atoms with van der Waals surface area (Å²) in [5.74, 6) is -1.29. The van der Waals surface area contributed by atoms with Crippen molar-refractivity contribution in [2.24, 2.45) is 5.92 Å². The molecule has 1 saturated heterocycles. The Kier molecular flexibility index (Phi) is 7.79. The number of unbranched alkanes of at least 4 members (excludes halogenated alkanes) is 2. The topological polar surface area (TPSA) is 104 Å². The van der Waals surface area contributed by atoms with E-state index >= 15 is 0 Å². The number of piperidine rings is 1. The Labute approximate surface area is 160 Å². The highest BCUT2D eigenvalue weighted by atomic mass is 32.2. The molecule has 2 N–H and O–H groups in total. The first kappa shape index (κ1) is 21.4. The van der Waals surface area contributed by atoms with Crippen molar-refractivity contribution in [2.75, 3.05) is 19.6 Å². The van der Waals surface area contributed by atoms with Gasteiger partial charge in [-0.2, -0.15) is 4.31 Å². The van der Waals surface area contributed by atoms with Crippen LogP contribution in [-0.4, -0.2) is 49.3 Å². The summed E-state index contributed by atoms with van der Waals surface area (Å²) in [6.45, 7) is 3.01. The molecule has 8 heteroatoms. The molecule has 2 rings (SSSR count).